The van der Waals surface area contributed by atoms with Crippen molar-refractivity contribution >= 4 is 23.3 Å². The average molecular weight is 291 g/mol. The van der Waals surface area contributed by atoms with Crippen molar-refractivity contribution in [3.8, 4) is 10.6 Å². The third kappa shape index (κ3) is 3.48. The van der Waals surface area contributed by atoms with Crippen molar-refractivity contribution < 1.29 is 19.8 Å². The summed E-state index contributed by atoms with van der Waals surface area (Å²) in [5.41, 5.74) is 1.69. The number of thiophene rings is 1. The zero-order chi connectivity index (χ0) is 14.5. The largest absolute Gasteiger partial charge is 0.550 e. The number of aliphatic carboxylic acids is 2. The van der Waals surface area contributed by atoms with Gasteiger partial charge in [-0.2, -0.15) is 0 Å². The summed E-state index contributed by atoms with van der Waals surface area (Å²) >= 11 is 1.55. The highest BCUT2D eigenvalue weighted by Crippen LogP contribution is 2.27. The van der Waals surface area contributed by atoms with Crippen molar-refractivity contribution in [2.45, 2.75) is 25.8 Å². The number of carboxylic acid groups (broad SMARTS) is 2. The summed E-state index contributed by atoms with van der Waals surface area (Å²) in [5, 5.41) is 23.1. The highest BCUT2D eigenvalue weighted by atomic mass is 32.1. The van der Waals surface area contributed by atoms with E-state index in [0.29, 0.717) is 6.42 Å². The topological polar surface area (TPSA) is 85.2 Å². The number of carbonyl (C=O) groups excluding carboxylic acids is 2. The molecule has 0 spiro atoms. The number of carboxylic acids is 2. The molecule has 2 aromatic rings. The predicted molar refractivity (Wildman–Crippen MR) is 70.7 cm³/mol. The molecule has 106 valence electrons. The lowest BCUT2D eigenvalue weighted by Gasteiger charge is -2.13. The quantitative estimate of drug-likeness (QED) is 0.721. The molecule has 2 heterocycles. The second-order valence-corrected chi connectivity index (χ2v) is 5.28. The summed E-state index contributed by atoms with van der Waals surface area (Å²) in [6.45, 7) is 0.269. The van der Waals surface area contributed by atoms with E-state index in [0.717, 1.165) is 16.3 Å². The minimum atomic E-state index is -1.12. The van der Waals surface area contributed by atoms with E-state index in [1.165, 1.54) is 0 Å². The van der Waals surface area contributed by atoms with Crippen molar-refractivity contribution in [1.29, 1.82) is 0 Å². The third-order valence-electron chi connectivity index (χ3n) is 2.97. The van der Waals surface area contributed by atoms with Crippen molar-refractivity contribution in [2.75, 3.05) is 0 Å². The molecule has 0 radical (unpaired) electrons. The van der Waals surface area contributed by atoms with Gasteiger partial charge >= 0.3 is 0 Å². The lowest BCUT2D eigenvalue weighted by atomic mass is 10.2. The Kier molecular flexibility index (Phi) is 4.57. The summed E-state index contributed by atoms with van der Waals surface area (Å²) in [6.07, 6.45) is 0.130. The molecule has 0 N–H and O–H groups in total. The Hall–Kier alpha value is -2.08. The van der Waals surface area contributed by atoms with E-state index in [2.05, 4.69) is 0 Å². The smallest absolute Gasteiger partial charge is 0.0584 e. The fourth-order valence-corrected chi connectivity index (χ4v) is 2.82. The van der Waals surface area contributed by atoms with Crippen LogP contribution in [0.2, 0.25) is 0 Å². The minimum absolute atomic E-state index is 0.0841. The van der Waals surface area contributed by atoms with E-state index in [9.17, 15) is 19.8 Å². The maximum atomic E-state index is 10.6. The van der Waals surface area contributed by atoms with E-state index < -0.39 is 11.9 Å². The fraction of sp³-hybridized carbons (Fsp3) is 0.286. The summed E-state index contributed by atoms with van der Waals surface area (Å²) in [5.74, 6) is -2.24. The van der Waals surface area contributed by atoms with Crippen LogP contribution >= 0.6 is 11.3 Å². The SMILES string of the molecule is O=C([O-])CCc1ccc(-c2cccs2)n1CCC(=O)[O-]. The van der Waals surface area contributed by atoms with Gasteiger partial charge in [-0.25, -0.2) is 0 Å². The van der Waals surface area contributed by atoms with Gasteiger partial charge in [0, 0.05) is 30.6 Å². The zero-order valence-electron chi connectivity index (χ0n) is 10.7. The molecule has 0 amide bonds. The lowest BCUT2D eigenvalue weighted by Crippen LogP contribution is -2.25. The van der Waals surface area contributed by atoms with Crippen LogP contribution in [-0.2, 0) is 22.6 Å². The van der Waals surface area contributed by atoms with E-state index in [4.69, 9.17) is 0 Å². The van der Waals surface area contributed by atoms with Crippen molar-refractivity contribution in [3.05, 3.63) is 35.3 Å². The van der Waals surface area contributed by atoms with Gasteiger partial charge in [0.1, 0.15) is 0 Å². The molecule has 20 heavy (non-hydrogen) atoms. The van der Waals surface area contributed by atoms with Gasteiger partial charge in [0.25, 0.3) is 0 Å². The lowest BCUT2D eigenvalue weighted by molar-refractivity contribution is -0.307. The van der Waals surface area contributed by atoms with Crippen LogP contribution in [-0.4, -0.2) is 16.5 Å². The third-order valence-corrected chi connectivity index (χ3v) is 3.86. The summed E-state index contributed by atoms with van der Waals surface area (Å²) in [4.78, 5) is 22.2. The standard InChI is InChI=1S/C14H15NO4S/c16-13(17)6-4-10-3-5-11(12-2-1-9-20-12)15(10)8-7-14(18)19/h1-3,5,9H,4,6-8H2,(H,16,17)(H,18,19)/p-2. The van der Waals surface area contributed by atoms with Crippen LogP contribution in [0.3, 0.4) is 0 Å². The molecule has 2 aromatic heterocycles. The molecule has 2 rings (SSSR count). The summed E-state index contributed by atoms with van der Waals surface area (Å²) in [7, 11) is 0. The van der Waals surface area contributed by atoms with Gasteiger partial charge in [-0.05, 0) is 36.4 Å². The molecular formula is C14H13NO4S-2. The Morgan fingerprint density at radius 1 is 1.10 bits per heavy atom. The van der Waals surface area contributed by atoms with Gasteiger partial charge in [-0.3, -0.25) is 0 Å². The zero-order valence-corrected chi connectivity index (χ0v) is 11.5. The minimum Gasteiger partial charge on any atom is -0.550 e. The maximum Gasteiger partial charge on any atom is 0.0584 e. The van der Waals surface area contributed by atoms with E-state index in [-0.39, 0.29) is 19.4 Å². The van der Waals surface area contributed by atoms with Crippen molar-refractivity contribution in [2.24, 2.45) is 0 Å². The van der Waals surface area contributed by atoms with Crippen LogP contribution in [0.5, 0.6) is 0 Å². The number of aryl methyl sites for hydroxylation is 1. The van der Waals surface area contributed by atoms with Crippen LogP contribution in [0.25, 0.3) is 10.6 Å². The first-order valence-corrected chi connectivity index (χ1v) is 7.08. The number of rotatable bonds is 7. The van der Waals surface area contributed by atoms with Crippen LogP contribution in [0.15, 0.2) is 29.6 Å². The Bertz CT molecular complexity index is 601. The molecule has 0 atom stereocenters. The van der Waals surface area contributed by atoms with Crippen molar-refractivity contribution in [3.63, 3.8) is 0 Å². The van der Waals surface area contributed by atoms with E-state index in [1.54, 1.807) is 11.3 Å². The Morgan fingerprint density at radius 3 is 2.45 bits per heavy atom. The molecule has 6 heteroatoms. The average Bonchev–Trinajstić information content (AvgIpc) is 3.02. The van der Waals surface area contributed by atoms with Gasteiger partial charge in [0.05, 0.1) is 10.6 Å². The second-order valence-electron chi connectivity index (χ2n) is 4.33. The number of hydrogen-bond acceptors (Lipinski definition) is 5. The van der Waals surface area contributed by atoms with Gasteiger partial charge < -0.3 is 24.4 Å². The molecular weight excluding hydrogens is 278 g/mol. The Morgan fingerprint density at radius 2 is 1.85 bits per heavy atom. The van der Waals surface area contributed by atoms with Crippen LogP contribution in [0.1, 0.15) is 18.5 Å². The normalized spacial score (nSPS) is 10.6. The molecule has 5 nitrogen and oxygen atoms in total. The first-order chi connectivity index (χ1) is 9.58. The number of aromatic nitrogens is 1. The number of carbonyl (C=O) groups is 2. The first kappa shape index (κ1) is 14.3. The maximum absolute atomic E-state index is 10.6. The van der Waals surface area contributed by atoms with E-state index in [1.807, 2.05) is 34.2 Å². The van der Waals surface area contributed by atoms with Gasteiger partial charge in [-0.15, -0.1) is 11.3 Å². The van der Waals surface area contributed by atoms with Gasteiger partial charge in [0.15, 0.2) is 0 Å². The summed E-state index contributed by atoms with van der Waals surface area (Å²) < 4.78 is 1.84. The number of hydrogen-bond donors (Lipinski definition) is 0. The van der Waals surface area contributed by atoms with Crippen LogP contribution < -0.4 is 10.2 Å². The number of nitrogens with zero attached hydrogens (tertiary/aromatic N) is 1. The van der Waals surface area contributed by atoms with Crippen LogP contribution in [0.4, 0.5) is 0 Å². The van der Waals surface area contributed by atoms with E-state index >= 15 is 0 Å². The van der Waals surface area contributed by atoms with Gasteiger partial charge in [0.2, 0.25) is 0 Å². The Balaban J connectivity index is 2.27. The highest BCUT2D eigenvalue weighted by molar-refractivity contribution is 7.13. The molecule has 0 fully saturated rings. The molecule has 0 saturated heterocycles. The highest BCUT2D eigenvalue weighted by Gasteiger charge is 2.10. The fourth-order valence-electron chi connectivity index (χ4n) is 2.06. The Labute approximate surface area is 120 Å². The first-order valence-electron chi connectivity index (χ1n) is 6.20. The van der Waals surface area contributed by atoms with Crippen LogP contribution in [0, 0.1) is 0 Å². The predicted octanol–water partition coefficient (Wildman–Crippen LogP) is 0.0391. The molecule has 0 aliphatic heterocycles. The molecule has 0 aliphatic carbocycles. The monoisotopic (exact) mass is 291 g/mol. The van der Waals surface area contributed by atoms with Crippen molar-refractivity contribution in [1.82, 2.24) is 4.57 Å². The second kappa shape index (κ2) is 6.38. The molecule has 0 aliphatic rings. The van der Waals surface area contributed by atoms with Gasteiger partial charge in [-0.1, -0.05) is 6.07 Å². The molecule has 0 saturated carbocycles. The molecule has 0 aromatic carbocycles. The molecule has 0 unspecified atom stereocenters. The summed E-state index contributed by atoms with van der Waals surface area (Å²) in [6, 6.07) is 7.56. The molecule has 0 bridgehead atoms.